The van der Waals surface area contributed by atoms with Crippen LogP contribution in [0.5, 0.6) is 0 Å². The van der Waals surface area contributed by atoms with Gasteiger partial charge in [0, 0.05) is 49.2 Å². The second-order valence-corrected chi connectivity index (χ2v) is 9.28. The molecule has 1 amide bonds. The van der Waals surface area contributed by atoms with Gasteiger partial charge < -0.3 is 15.5 Å². The van der Waals surface area contributed by atoms with Gasteiger partial charge >= 0.3 is 0 Å². The Balaban J connectivity index is 1.64. The number of piperidine rings is 1. The number of amides is 1. The van der Waals surface area contributed by atoms with E-state index in [2.05, 4.69) is 16.7 Å². The number of rotatable bonds is 3. The van der Waals surface area contributed by atoms with Crippen molar-refractivity contribution in [2.24, 2.45) is 15.8 Å². The van der Waals surface area contributed by atoms with Crippen molar-refractivity contribution in [3.63, 3.8) is 0 Å². The Hall–Kier alpha value is -2.35. The van der Waals surface area contributed by atoms with Gasteiger partial charge in [0.05, 0.1) is 16.6 Å². The maximum atomic E-state index is 13.3. The largest absolute Gasteiger partial charge is 0.355 e. The number of hydrogen-bond donors (Lipinski definition) is 1. The molecule has 3 aliphatic rings. The molecular weight excluding hydrogens is 447 g/mol. The number of benzene rings is 1. The van der Waals surface area contributed by atoms with Gasteiger partial charge in [-0.05, 0) is 56.9 Å². The minimum Gasteiger partial charge on any atom is -0.355 e. The molecule has 0 saturated carbocycles. The van der Waals surface area contributed by atoms with Gasteiger partial charge in [-0.2, -0.15) is 5.10 Å². The minimum atomic E-state index is -0.125. The average molecular weight is 475 g/mol. The van der Waals surface area contributed by atoms with E-state index in [9.17, 15) is 4.79 Å². The van der Waals surface area contributed by atoms with Crippen molar-refractivity contribution in [1.82, 2.24) is 14.8 Å². The minimum absolute atomic E-state index is 0.108. The van der Waals surface area contributed by atoms with Gasteiger partial charge in [0.1, 0.15) is 5.84 Å². The van der Waals surface area contributed by atoms with E-state index in [0.717, 1.165) is 50.2 Å². The number of amidine groups is 1. The van der Waals surface area contributed by atoms with Crippen molar-refractivity contribution < 1.29 is 4.79 Å². The molecule has 2 N–H and O–H groups in total. The lowest BCUT2D eigenvalue weighted by Crippen LogP contribution is -2.43. The summed E-state index contributed by atoms with van der Waals surface area (Å²) >= 11 is 12.3. The Bertz CT molecular complexity index is 1000. The first kappa shape index (κ1) is 22.8. The number of hydrogen-bond acceptors (Lipinski definition) is 6. The first-order chi connectivity index (χ1) is 15.4. The molecule has 1 aromatic rings. The summed E-state index contributed by atoms with van der Waals surface area (Å²) in [6, 6.07) is 5.00. The van der Waals surface area contributed by atoms with Crippen molar-refractivity contribution in [2.45, 2.75) is 44.7 Å². The number of aliphatic imine (C=N–C) groups is 1. The summed E-state index contributed by atoms with van der Waals surface area (Å²) in [6.45, 7) is 8.02. The SMILES string of the molecule is C=NN1C=C(C)C(N2CC[C@H](N)C2)=N/C1=C/C1CCCCN1C(=O)c1ccc(Cl)cc1Cl. The van der Waals surface area contributed by atoms with Gasteiger partial charge in [0.15, 0.2) is 5.82 Å². The van der Waals surface area contributed by atoms with Crippen LogP contribution >= 0.6 is 23.2 Å². The topological polar surface area (TPSA) is 77.5 Å². The Kier molecular flexibility index (Phi) is 6.88. The second kappa shape index (κ2) is 9.65. The predicted octanol–water partition coefficient (Wildman–Crippen LogP) is 4.10. The number of hydrazone groups is 1. The zero-order chi connectivity index (χ0) is 22.8. The molecule has 3 aliphatic heterocycles. The lowest BCUT2D eigenvalue weighted by molar-refractivity contribution is 0.0662. The van der Waals surface area contributed by atoms with E-state index in [-0.39, 0.29) is 18.0 Å². The first-order valence-corrected chi connectivity index (χ1v) is 11.6. The van der Waals surface area contributed by atoms with Crippen molar-refractivity contribution in [2.75, 3.05) is 19.6 Å². The quantitative estimate of drug-likeness (QED) is 0.668. The van der Waals surface area contributed by atoms with Crippen molar-refractivity contribution in [3.05, 3.63) is 57.5 Å². The highest BCUT2D eigenvalue weighted by molar-refractivity contribution is 6.36. The van der Waals surface area contributed by atoms with Gasteiger partial charge in [0.2, 0.25) is 0 Å². The Morgan fingerprint density at radius 2 is 2.09 bits per heavy atom. The number of nitrogens with two attached hydrogens (primary N) is 1. The third-order valence-electron chi connectivity index (χ3n) is 6.11. The fourth-order valence-corrected chi connectivity index (χ4v) is 4.94. The van der Waals surface area contributed by atoms with Gasteiger partial charge in [-0.15, -0.1) is 0 Å². The Morgan fingerprint density at radius 3 is 2.78 bits per heavy atom. The van der Waals surface area contributed by atoms with Crippen LogP contribution in [0.2, 0.25) is 10.0 Å². The van der Waals surface area contributed by atoms with Crippen molar-refractivity contribution in [1.29, 1.82) is 0 Å². The third kappa shape index (κ3) is 4.70. The maximum absolute atomic E-state index is 13.3. The van der Waals surface area contributed by atoms with Gasteiger partial charge in [-0.25, -0.2) is 10.0 Å². The average Bonchev–Trinajstić information content (AvgIpc) is 3.20. The van der Waals surface area contributed by atoms with E-state index in [0.29, 0.717) is 28.0 Å². The van der Waals surface area contributed by atoms with Crippen LogP contribution in [0.1, 0.15) is 43.0 Å². The smallest absolute Gasteiger partial charge is 0.255 e. The zero-order valence-electron chi connectivity index (χ0n) is 18.2. The van der Waals surface area contributed by atoms with Crippen LogP contribution in [0.15, 0.2) is 52.0 Å². The van der Waals surface area contributed by atoms with E-state index < -0.39 is 0 Å². The molecule has 0 bridgehead atoms. The molecule has 0 aromatic heterocycles. The molecule has 0 aliphatic carbocycles. The van der Waals surface area contributed by atoms with Crippen LogP contribution in [0.25, 0.3) is 0 Å². The molecule has 32 heavy (non-hydrogen) atoms. The second-order valence-electron chi connectivity index (χ2n) is 8.44. The Labute approximate surface area is 198 Å². The van der Waals surface area contributed by atoms with E-state index in [1.54, 1.807) is 23.2 Å². The molecule has 0 spiro atoms. The molecule has 2 fully saturated rings. The summed E-state index contributed by atoms with van der Waals surface area (Å²) < 4.78 is 0. The molecule has 1 aromatic carbocycles. The summed E-state index contributed by atoms with van der Waals surface area (Å²) in [4.78, 5) is 22.3. The van der Waals surface area contributed by atoms with Gasteiger partial charge in [0.25, 0.3) is 5.91 Å². The third-order valence-corrected chi connectivity index (χ3v) is 6.66. The Morgan fingerprint density at radius 1 is 1.28 bits per heavy atom. The molecule has 9 heteroatoms. The number of halogens is 2. The van der Waals surface area contributed by atoms with Crippen LogP contribution in [0.4, 0.5) is 0 Å². The van der Waals surface area contributed by atoms with Crippen LogP contribution in [-0.4, -0.2) is 65.0 Å². The summed E-state index contributed by atoms with van der Waals surface area (Å²) in [5.41, 5.74) is 7.57. The highest BCUT2D eigenvalue weighted by Crippen LogP contribution is 2.29. The number of carbonyl (C=O) groups excluding carboxylic acids is 1. The molecule has 2 saturated heterocycles. The van der Waals surface area contributed by atoms with E-state index >= 15 is 0 Å². The van der Waals surface area contributed by atoms with E-state index in [1.165, 1.54) is 0 Å². The molecule has 3 heterocycles. The van der Waals surface area contributed by atoms with Crippen LogP contribution in [-0.2, 0) is 0 Å². The van der Waals surface area contributed by atoms with Crippen LogP contribution in [0, 0.1) is 0 Å². The first-order valence-electron chi connectivity index (χ1n) is 10.9. The standard InChI is InChI=1S/C23H28Cl2N6O/c1-15-13-31(27-2)21(28-22(15)29-10-8-17(26)14-29)12-18-5-3-4-9-30(18)23(32)19-7-6-16(24)11-20(19)25/h6-7,11-13,17-18H,2-5,8-10,14,26H2,1H3/b21-12-/t17-,18?/m0/s1. The molecule has 4 rings (SSSR count). The fourth-order valence-electron chi connectivity index (χ4n) is 4.45. The lowest BCUT2D eigenvalue weighted by atomic mass is 10.00. The lowest BCUT2D eigenvalue weighted by Gasteiger charge is -2.35. The maximum Gasteiger partial charge on any atom is 0.255 e. The molecule has 7 nitrogen and oxygen atoms in total. The highest BCUT2D eigenvalue weighted by Gasteiger charge is 2.30. The molecular formula is C23H28Cl2N6O. The molecule has 2 atom stereocenters. The summed E-state index contributed by atoms with van der Waals surface area (Å²) in [5, 5.41) is 6.65. The predicted molar refractivity (Wildman–Crippen MR) is 130 cm³/mol. The van der Waals surface area contributed by atoms with Crippen molar-refractivity contribution >= 4 is 41.7 Å². The molecule has 0 radical (unpaired) electrons. The normalized spacial score (nSPS) is 25.1. The number of nitrogens with zero attached hydrogens (tertiary/aromatic N) is 5. The molecule has 170 valence electrons. The summed E-state index contributed by atoms with van der Waals surface area (Å²) in [5.74, 6) is 1.45. The number of likely N-dealkylation sites (tertiary alicyclic amines) is 2. The zero-order valence-corrected chi connectivity index (χ0v) is 19.7. The summed E-state index contributed by atoms with van der Waals surface area (Å²) in [7, 11) is 0. The van der Waals surface area contributed by atoms with Crippen molar-refractivity contribution in [3.8, 4) is 0 Å². The number of carbonyl (C=O) groups is 1. The van der Waals surface area contributed by atoms with Gasteiger partial charge in [-0.3, -0.25) is 4.79 Å². The van der Waals surface area contributed by atoms with E-state index in [1.807, 2.05) is 24.1 Å². The van der Waals surface area contributed by atoms with E-state index in [4.69, 9.17) is 33.9 Å². The fraction of sp³-hybridized carbons (Fsp3) is 0.435. The summed E-state index contributed by atoms with van der Waals surface area (Å²) in [6.07, 6.45) is 7.69. The monoisotopic (exact) mass is 474 g/mol. The van der Waals surface area contributed by atoms with Crippen LogP contribution in [0.3, 0.4) is 0 Å². The van der Waals surface area contributed by atoms with Crippen LogP contribution < -0.4 is 5.73 Å². The van der Waals surface area contributed by atoms with Gasteiger partial charge in [-0.1, -0.05) is 23.2 Å². The molecule has 1 unspecified atom stereocenters. The highest BCUT2D eigenvalue weighted by atomic mass is 35.5.